The number of aldehydes is 1. The molecule has 4 nitrogen and oxygen atoms in total. The molecule has 0 bridgehead atoms. The van der Waals surface area contributed by atoms with Crippen molar-refractivity contribution in [1.29, 1.82) is 0 Å². The van der Waals surface area contributed by atoms with E-state index < -0.39 is 6.10 Å². The fourth-order valence-electron chi connectivity index (χ4n) is 2.40. The summed E-state index contributed by atoms with van der Waals surface area (Å²) in [5, 5.41) is 10.0. The maximum absolute atomic E-state index is 10.9. The summed E-state index contributed by atoms with van der Waals surface area (Å²) in [6, 6.07) is 3.35. The first-order valence-electron chi connectivity index (χ1n) is 6.92. The summed E-state index contributed by atoms with van der Waals surface area (Å²) >= 11 is 3.41. The van der Waals surface area contributed by atoms with E-state index in [0.29, 0.717) is 28.1 Å². The van der Waals surface area contributed by atoms with Crippen molar-refractivity contribution in [2.45, 2.75) is 44.8 Å². The molecular formula is C15H19BrO4. The van der Waals surface area contributed by atoms with Gasteiger partial charge in [-0.3, -0.25) is 4.79 Å². The molecule has 0 aromatic heterocycles. The van der Waals surface area contributed by atoms with Gasteiger partial charge in [-0.05, 0) is 54.2 Å². The van der Waals surface area contributed by atoms with E-state index in [2.05, 4.69) is 15.9 Å². The summed E-state index contributed by atoms with van der Waals surface area (Å²) in [6.07, 6.45) is 3.78. The number of ether oxygens (including phenoxy) is 2. The molecule has 2 unspecified atom stereocenters. The minimum atomic E-state index is -0.448. The van der Waals surface area contributed by atoms with E-state index in [9.17, 15) is 9.90 Å². The van der Waals surface area contributed by atoms with Gasteiger partial charge in [-0.25, -0.2) is 0 Å². The molecule has 20 heavy (non-hydrogen) atoms. The maximum atomic E-state index is 10.9. The van der Waals surface area contributed by atoms with E-state index in [1.165, 1.54) is 0 Å². The monoisotopic (exact) mass is 342 g/mol. The Morgan fingerprint density at radius 1 is 1.40 bits per heavy atom. The lowest BCUT2D eigenvalue weighted by Gasteiger charge is -2.29. The highest BCUT2D eigenvalue weighted by Crippen LogP contribution is 2.38. The number of carbonyl (C=O) groups excluding carboxylic acids is 1. The minimum Gasteiger partial charge on any atom is -0.490 e. The minimum absolute atomic E-state index is 0.221. The zero-order valence-corrected chi connectivity index (χ0v) is 13.1. The topological polar surface area (TPSA) is 55.8 Å². The van der Waals surface area contributed by atoms with Crippen molar-refractivity contribution in [2.75, 3.05) is 6.61 Å². The van der Waals surface area contributed by atoms with Gasteiger partial charge in [-0.2, -0.15) is 0 Å². The molecule has 110 valence electrons. The van der Waals surface area contributed by atoms with Crippen LogP contribution >= 0.6 is 15.9 Å². The third kappa shape index (κ3) is 3.52. The summed E-state index contributed by atoms with van der Waals surface area (Å²) in [5.74, 6) is 1.09. The van der Waals surface area contributed by atoms with Crippen molar-refractivity contribution >= 4 is 22.2 Å². The summed E-state index contributed by atoms with van der Waals surface area (Å²) in [4.78, 5) is 10.9. The molecule has 1 N–H and O–H groups in total. The van der Waals surface area contributed by atoms with Gasteiger partial charge < -0.3 is 14.6 Å². The molecule has 1 fully saturated rings. The lowest BCUT2D eigenvalue weighted by Crippen LogP contribution is -2.34. The number of aliphatic hydroxyl groups excluding tert-OH is 1. The average Bonchev–Trinajstić information content (AvgIpc) is 2.44. The van der Waals surface area contributed by atoms with Crippen LogP contribution in [0.5, 0.6) is 11.5 Å². The van der Waals surface area contributed by atoms with Crippen LogP contribution < -0.4 is 9.47 Å². The second-order valence-corrected chi connectivity index (χ2v) is 5.74. The van der Waals surface area contributed by atoms with Crippen molar-refractivity contribution in [3.05, 3.63) is 22.2 Å². The third-order valence-corrected chi connectivity index (χ3v) is 3.99. The Kier molecular flexibility index (Phi) is 5.43. The first-order valence-corrected chi connectivity index (χ1v) is 7.71. The zero-order chi connectivity index (χ0) is 14.5. The van der Waals surface area contributed by atoms with Gasteiger partial charge in [0.15, 0.2) is 11.5 Å². The van der Waals surface area contributed by atoms with Crippen LogP contribution in [-0.2, 0) is 0 Å². The zero-order valence-electron chi connectivity index (χ0n) is 11.5. The quantitative estimate of drug-likeness (QED) is 0.833. The molecule has 0 amide bonds. The fraction of sp³-hybridized carbons (Fsp3) is 0.533. The van der Waals surface area contributed by atoms with Gasteiger partial charge in [0.25, 0.3) is 0 Å². The molecule has 0 aliphatic heterocycles. The Morgan fingerprint density at radius 2 is 2.15 bits per heavy atom. The molecule has 0 saturated heterocycles. The molecular weight excluding hydrogens is 324 g/mol. The molecule has 2 rings (SSSR count). The van der Waals surface area contributed by atoms with Crippen molar-refractivity contribution in [2.24, 2.45) is 0 Å². The molecule has 0 radical (unpaired) electrons. The Morgan fingerprint density at radius 3 is 2.80 bits per heavy atom. The molecule has 0 spiro atoms. The molecule has 2 atom stereocenters. The molecule has 1 saturated carbocycles. The average molecular weight is 343 g/mol. The van der Waals surface area contributed by atoms with Crippen molar-refractivity contribution in [3.63, 3.8) is 0 Å². The summed E-state index contributed by atoms with van der Waals surface area (Å²) in [7, 11) is 0. The molecule has 1 aliphatic carbocycles. The maximum Gasteiger partial charge on any atom is 0.175 e. The van der Waals surface area contributed by atoms with E-state index in [0.717, 1.165) is 32.0 Å². The van der Waals surface area contributed by atoms with Crippen LogP contribution in [-0.4, -0.2) is 30.2 Å². The molecule has 5 heteroatoms. The number of halogens is 1. The van der Waals surface area contributed by atoms with Crippen LogP contribution in [0.2, 0.25) is 0 Å². The number of benzene rings is 1. The predicted octanol–water partition coefficient (Wildman–Crippen LogP) is 3.34. The predicted molar refractivity (Wildman–Crippen MR) is 79.6 cm³/mol. The van der Waals surface area contributed by atoms with Crippen LogP contribution in [0.1, 0.15) is 43.0 Å². The fourth-order valence-corrected chi connectivity index (χ4v) is 2.95. The van der Waals surface area contributed by atoms with Gasteiger partial charge in [0, 0.05) is 5.56 Å². The van der Waals surface area contributed by atoms with Gasteiger partial charge in [0.05, 0.1) is 17.2 Å². The normalized spacial score (nSPS) is 22.4. The first-order chi connectivity index (χ1) is 9.65. The van der Waals surface area contributed by atoms with E-state index in [4.69, 9.17) is 9.47 Å². The van der Waals surface area contributed by atoms with Crippen LogP contribution in [0, 0.1) is 0 Å². The van der Waals surface area contributed by atoms with Gasteiger partial charge in [-0.15, -0.1) is 0 Å². The van der Waals surface area contributed by atoms with Crippen LogP contribution in [0.4, 0.5) is 0 Å². The lowest BCUT2D eigenvalue weighted by atomic mass is 9.95. The Hall–Kier alpha value is -1.07. The van der Waals surface area contributed by atoms with Crippen LogP contribution in [0.3, 0.4) is 0 Å². The Labute approximate surface area is 127 Å². The van der Waals surface area contributed by atoms with E-state index in [-0.39, 0.29) is 6.10 Å². The molecule has 1 aromatic carbocycles. The van der Waals surface area contributed by atoms with Gasteiger partial charge >= 0.3 is 0 Å². The van der Waals surface area contributed by atoms with Gasteiger partial charge in [0.2, 0.25) is 0 Å². The largest absolute Gasteiger partial charge is 0.490 e. The SMILES string of the molecule is CCOc1cc(C=O)cc(Br)c1OC1CCCCC1O. The smallest absolute Gasteiger partial charge is 0.175 e. The van der Waals surface area contributed by atoms with Crippen molar-refractivity contribution in [3.8, 4) is 11.5 Å². The Balaban J connectivity index is 2.26. The highest BCUT2D eigenvalue weighted by molar-refractivity contribution is 9.10. The molecule has 1 aliphatic rings. The summed E-state index contributed by atoms with van der Waals surface area (Å²) in [5.41, 5.74) is 0.525. The van der Waals surface area contributed by atoms with E-state index >= 15 is 0 Å². The van der Waals surface area contributed by atoms with Crippen molar-refractivity contribution < 1.29 is 19.4 Å². The number of carbonyl (C=O) groups is 1. The van der Waals surface area contributed by atoms with Crippen LogP contribution in [0.25, 0.3) is 0 Å². The summed E-state index contributed by atoms with van der Waals surface area (Å²) < 4.78 is 12.2. The second kappa shape index (κ2) is 7.09. The highest BCUT2D eigenvalue weighted by Gasteiger charge is 2.26. The third-order valence-electron chi connectivity index (χ3n) is 3.40. The number of aliphatic hydroxyl groups is 1. The Bertz CT molecular complexity index is 475. The van der Waals surface area contributed by atoms with Crippen molar-refractivity contribution in [1.82, 2.24) is 0 Å². The first kappa shape index (κ1) is 15.3. The molecule has 1 aromatic rings. The highest BCUT2D eigenvalue weighted by atomic mass is 79.9. The number of hydrogen-bond acceptors (Lipinski definition) is 4. The van der Waals surface area contributed by atoms with E-state index in [1.807, 2.05) is 6.92 Å². The lowest BCUT2D eigenvalue weighted by molar-refractivity contribution is 0.00503. The standard InChI is InChI=1S/C15H19BrO4/c1-2-19-14-8-10(9-17)7-11(16)15(14)20-13-6-4-3-5-12(13)18/h7-9,12-13,18H,2-6H2,1H3. The molecule has 0 heterocycles. The van der Waals surface area contributed by atoms with Gasteiger partial charge in [0.1, 0.15) is 12.4 Å². The van der Waals surface area contributed by atoms with Gasteiger partial charge in [-0.1, -0.05) is 6.42 Å². The van der Waals surface area contributed by atoms with Crippen LogP contribution in [0.15, 0.2) is 16.6 Å². The summed E-state index contributed by atoms with van der Waals surface area (Å²) in [6.45, 7) is 2.36. The van der Waals surface area contributed by atoms with E-state index in [1.54, 1.807) is 12.1 Å². The second-order valence-electron chi connectivity index (χ2n) is 4.89. The number of rotatable bonds is 5. The number of hydrogen-bond donors (Lipinski definition) is 1.